The van der Waals surface area contributed by atoms with Crippen molar-refractivity contribution in [1.82, 2.24) is 0 Å². The second kappa shape index (κ2) is 5.04. The molecule has 0 heterocycles. The minimum atomic E-state index is 0. The summed E-state index contributed by atoms with van der Waals surface area (Å²) in [5.74, 6) is 0.857. The van der Waals surface area contributed by atoms with Crippen molar-refractivity contribution in [2.45, 2.75) is 18.9 Å². The van der Waals surface area contributed by atoms with Crippen LogP contribution in [-0.4, -0.2) is 5.11 Å². The predicted molar refractivity (Wildman–Crippen MR) is 70.4 cm³/mol. The lowest BCUT2D eigenvalue weighted by Gasteiger charge is -2.12. The highest BCUT2D eigenvalue weighted by Crippen LogP contribution is 2.42. The Hall–Kier alpha value is 0.230. The summed E-state index contributed by atoms with van der Waals surface area (Å²) in [7, 11) is 0. The Labute approximate surface area is 112 Å². The maximum absolute atomic E-state index is 9.53. The van der Waals surface area contributed by atoms with Gasteiger partial charge in [0.2, 0.25) is 0 Å². The quantitative estimate of drug-likeness (QED) is 0.847. The van der Waals surface area contributed by atoms with Gasteiger partial charge in [-0.25, -0.2) is 0 Å². The summed E-state index contributed by atoms with van der Waals surface area (Å²) in [5.41, 5.74) is 7.14. The van der Waals surface area contributed by atoms with E-state index in [9.17, 15) is 5.11 Å². The first-order valence-electron chi connectivity index (χ1n) is 4.53. The molecule has 15 heavy (non-hydrogen) atoms. The molecule has 84 valence electrons. The fourth-order valence-electron chi connectivity index (χ4n) is 1.51. The number of benzene rings is 1. The monoisotopic (exact) mass is 355 g/mol. The van der Waals surface area contributed by atoms with Crippen LogP contribution < -0.4 is 5.73 Å². The zero-order valence-corrected chi connectivity index (χ0v) is 11.9. The molecule has 0 bridgehead atoms. The molecule has 1 saturated carbocycles. The van der Waals surface area contributed by atoms with Crippen molar-refractivity contribution in [3.63, 3.8) is 0 Å². The number of halogens is 3. The fraction of sp³-hybridized carbons (Fsp3) is 0.400. The van der Waals surface area contributed by atoms with E-state index in [0.29, 0.717) is 14.9 Å². The highest BCUT2D eigenvalue weighted by atomic mass is 79.9. The van der Waals surface area contributed by atoms with Crippen LogP contribution in [0.4, 0.5) is 0 Å². The van der Waals surface area contributed by atoms with Gasteiger partial charge in [-0.15, -0.1) is 12.4 Å². The van der Waals surface area contributed by atoms with E-state index in [1.165, 1.54) is 12.8 Å². The van der Waals surface area contributed by atoms with E-state index >= 15 is 0 Å². The summed E-state index contributed by atoms with van der Waals surface area (Å²) in [6, 6.07) is 3.88. The van der Waals surface area contributed by atoms with Crippen LogP contribution >= 0.6 is 44.3 Å². The standard InChI is InChI=1S/C10H11Br2NO.ClH/c11-7-3-6(4-8(12)10(7)14)9(13)5-1-2-5;/h3-5,9,14H,1-2,13H2;1H/t9-;/m0./s1. The molecule has 5 heteroatoms. The van der Waals surface area contributed by atoms with E-state index in [4.69, 9.17) is 5.73 Å². The molecule has 2 rings (SSSR count). The van der Waals surface area contributed by atoms with Gasteiger partial charge in [-0.3, -0.25) is 0 Å². The molecule has 1 atom stereocenters. The lowest BCUT2D eigenvalue weighted by molar-refractivity contribution is 0.467. The molecule has 0 amide bonds. The van der Waals surface area contributed by atoms with Crippen molar-refractivity contribution in [1.29, 1.82) is 0 Å². The van der Waals surface area contributed by atoms with E-state index in [2.05, 4.69) is 31.9 Å². The zero-order valence-electron chi connectivity index (χ0n) is 7.91. The lowest BCUT2D eigenvalue weighted by Crippen LogP contribution is -2.12. The van der Waals surface area contributed by atoms with Crippen LogP contribution in [0.5, 0.6) is 5.75 Å². The van der Waals surface area contributed by atoms with Gasteiger partial charge in [0.15, 0.2) is 0 Å². The minimum absolute atomic E-state index is 0. The van der Waals surface area contributed by atoms with Gasteiger partial charge in [-0.2, -0.15) is 0 Å². The number of nitrogens with two attached hydrogens (primary N) is 1. The number of hydrogen-bond donors (Lipinski definition) is 2. The maximum atomic E-state index is 9.53. The van der Waals surface area contributed by atoms with Gasteiger partial charge >= 0.3 is 0 Å². The highest BCUT2D eigenvalue weighted by Gasteiger charge is 2.30. The topological polar surface area (TPSA) is 46.2 Å². The molecule has 1 aliphatic carbocycles. The van der Waals surface area contributed by atoms with Gasteiger partial charge in [0.1, 0.15) is 5.75 Å². The summed E-state index contributed by atoms with van der Waals surface area (Å²) >= 11 is 6.60. The molecule has 0 saturated heterocycles. The van der Waals surface area contributed by atoms with E-state index in [1.807, 2.05) is 12.1 Å². The highest BCUT2D eigenvalue weighted by molar-refractivity contribution is 9.11. The summed E-state index contributed by atoms with van der Waals surface area (Å²) < 4.78 is 1.39. The Morgan fingerprint density at radius 3 is 2.13 bits per heavy atom. The Kier molecular flexibility index (Phi) is 4.47. The molecule has 1 aromatic carbocycles. The first kappa shape index (κ1) is 13.3. The van der Waals surface area contributed by atoms with Crippen molar-refractivity contribution < 1.29 is 5.11 Å². The molecule has 1 aliphatic rings. The molecule has 0 aliphatic heterocycles. The SMILES string of the molecule is Cl.N[C@H](c1cc(Br)c(O)c(Br)c1)C1CC1. The summed E-state index contributed by atoms with van der Waals surface area (Å²) in [6.45, 7) is 0. The number of aromatic hydroxyl groups is 1. The Balaban J connectivity index is 0.00000112. The van der Waals surface area contributed by atoms with E-state index in [0.717, 1.165) is 5.56 Å². The fourth-order valence-corrected chi connectivity index (χ4v) is 2.73. The summed E-state index contributed by atoms with van der Waals surface area (Å²) in [4.78, 5) is 0. The molecule has 0 spiro atoms. The average Bonchev–Trinajstić information content (AvgIpc) is 2.95. The first-order valence-corrected chi connectivity index (χ1v) is 6.11. The Morgan fingerprint density at radius 2 is 1.73 bits per heavy atom. The van der Waals surface area contributed by atoms with E-state index in [-0.39, 0.29) is 24.2 Å². The molecule has 0 unspecified atom stereocenters. The van der Waals surface area contributed by atoms with Crippen LogP contribution in [-0.2, 0) is 0 Å². The second-order valence-electron chi connectivity index (χ2n) is 3.70. The lowest BCUT2D eigenvalue weighted by atomic mass is 10.0. The van der Waals surface area contributed by atoms with Gasteiger partial charge in [0.05, 0.1) is 8.95 Å². The minimum Gasteiger partial charge on any atom is -0.506 e. The molecule has 1 aromatic rings. The van der Waals surface area contributed by atoms with Crippen molar-refractivity contribution in [3.8, 4) is 5.75 Å². The van der Waals surface area contributed by atoms with E-state index < -0.39 is 0 Å². The first-order chi connectivity index (χ1) is 6.59. The Bertz CT molecular complexity index is 345. The molecule has 0 aromatic heterocycles. The van der Waals surface area contributed by atoms with Crippen LogP contribution in [0.2, 0.25) is 0 Å². The third kappa shape index (κ3) is 2.87. The van der Waals surface area contributed by atoms with Crippen molar-refractivity contribution in [3.05, 3.63) is 26.6 Å². The van der Waals surface area contributed by atoms with Crippen molar-refractivity contribution in [2.24, 2.45) is 11.7 Å². The van der Waals surface area contributed by atoms with E-state index in [1.54, 1.807) is 0 Å². The van der Waals surface area contributed by atoms with Gasteiger partial charge in [0.25, 0.3) is 0 Å². The largest absolute Gasteiger partial charge is 0.506 e. The number of rotatable bonds is 2. The number of phenolic OH excluding ortho intramolecular Hbond substituents is 1. The normalized spacial score (nSPS) is 17.0. The maximum Gasteiger partial charge on any atom is 0.143 e. The van der Waals surface area contributed by atoms with Gasteiger partial charge in [-0.1, -0.05) is 0 Å². The third-order valence-corrected chi connectivity index (χ3v) is 3.76. The molecular weight excluding hydrogens is 345 g/mol. The van der Waals surface area contributed by atoms with Crippen molar-refractivity contribution in [2.75, 3.05) is 0 Å². The van der Waals surface area contributed by atoms with Crippen molar-refractivity contribution >= 4 is 44.3 Å². The zero-order chi connectivity index (χ0) is 10.3. The summed E-state index contributed by atoms with van der Waals surface area (Å²) in [6.07, 6.45) is 2.44. The molecule has 3 N–H and O–H groups in total. The second-order valence-corrected chi connectivity index (χ2v) is 5.41. The van der Waals surface area contributed by atoms with Crippen LogP contribution in [0.3, 0.4) is 0 Å². The molecule has 0 radical (unpaired) electrons. The third-order valence-electron chi connectivity index (χ3n) is 2.55. The number of phenols is 1. The smallest absolute Gasteiger partial charge is 0.143 e. The average molecular weight is 357 g/mol. The van der Waals surface area contributed by atoms with Gasteiger partial charge < -0.3 is 10.8 Å². The molecular formula is C10H12Br2ClNO. The van der Waals surface area contributed by atoms with Gasteiger partial charge in [0, 0.05) is 6.04 Å². The van der Waals surface area contributed by atoms with Crippen LogP contribution in [0, 0.1) is 5.92 Å². The summed E-state index contributed by atoms with van der Waals surface area (Å²) in [5, 5.41) is 9.53. The van der Waals surface area contributed by atoms with Crippen LogP contribution in [0.15, 0.2) is 21.1 Å². The predicted octanol–water partition coefficient (Wildman–Crippen LogP) is 3.75. The molecule has 1 fully saturated rings. The Morgan fingerprint density at radius 1 is 1.27 bits per heavy atom. The van der Waals surface area contributed by atoms with Crippen LogP contribution in [0.25, 0.3) is 0 Å². The van der Waals surface area contributed by atoms with Crippen LogP contribution in [0.1, 0.15) is 24.4 Å². The van der Waals surface area contributed by atoms with Gasteiger partial charge in [-0.05, 0) is 68.3 Å². The molecule has 2 nitrogen and oxygen atoms in total. The number of hydrogen-bond acceptors (Lipinski definition) is 2.